The molecular formula is C53H63B3Cl3F9O15S3. The molecule has 0 spiro atoms. The Balaban J connectivity index is 0.000000283. The van der Waals surface area contributed by atoms with Crippen LogP contribution < -0.4 is 9.65 Å². The van der Waals surface area contributed by atoms with Gasteiger partial charge in [0.05, 0.1) is 33.6 Å². The third kappa shape index (κ3) is 16.9. The van der Waals surface area contributed by atoms with Crippen LogP contribution in [-0.2, 0) is 61.9 Å². The van der Waals surface area contributed by atoms with E-state index in [9.17, 15) is 69.9 Å². The quantitative estimate of drug-likeness (QED) is 0.0715. The molecule has 0 bridgehead atoms. The molecule has 86 heavy (non-hydrogen) atoms. The van der Waals surface area contributed by atoms with E-state index in [4.69, 9.17) is 62.7 Å². The van der Waals surface area contributed by atoms with Crippen molar-refractivity contribution >= 4 is 124 Å². The number of hydrogen-bond donors (Lipinski definition) is 1. The summed E-state index contributed by atoms with van der Waals surface area (Å²) >= 11 is 18.0. The number of fused-ring (bicyclic) bond motifs is 3. The molecule has 6 aromatic carbocycles. The molecule has 3 saturated heterocycles. The van der Waals surface area contributed by atoms with Crippen LogP contribution in [0.15, 0.2) is 109 Å². The summed E-state index contributed by atoms with van der Waals surface area (Å²) in [4.78, 5) is 0. The van der Waals surface area contributed by atoms with Gasteiger partial charge in [-0.2, -0.15) is 64.8 Å². The van der Waals surface area contributed by atoms with Gasteiger partial charge in [0.2, 0.25) is 0 Å². The van der Waals surface area contributed by atoms with E-state index in [-0.39, 0.29) is 71.7 Å². The number of aromatic hydroxyl groups is 1. The van der Waals surface area contributed by atoms with Crippen LogP contribution in [0.4, 0.5) is 39.5 Å². The highest BCUT2D eigenvalue weighted by Crippen LogP contribution is 2.44. The number of alkyl halides is 9. The zero-order valence-corrected chi connectivity index (χ0v) is 51.3. The van der Waals surface area contributed by atoms with Crippen LogP contribution in [0.5, 0.6) is 11.5 Å². The van der Waals surface area contributed by atoms with Crippen LogP contribution in [0.1, 0.15) is 97.9 Å². The summed E-state index contributed by atoms with van der Waals surface area (Å²) in [5.74, 6) is -0.146. The van der Waals surface area contributed by atoms with Crippen molar-refractivity contribution in [1.29, 1.82) is 0 Å². The van der Waals surface area contributed by atoms with Crippen molar-refractivity contribution in [3.8, 4) is 11.5 Å². The fourth-order valence-corrected chi connectivity index (χ4v) is 10.1. The smallest absolute Gasteiger partial charge is 0.507 e. The first-order valence-electron chi connectivity index (χ1n) is 24.5. The van der Waals surface area contributed by atoms with Crippen molar-refractivity contribution in [3.05, 3.63) is 124 Å². The first-order valence-corrected chi connectivity index (χ1v) is 29.9. The van der Waals surface area contributed by atoms with Crippen molar-refractivity contribution < 1.29 is 106 Å². The maximum absolute atomic E-state index is 12.3. The Morgan fingerprint density at radius 2 is 0.674 bits per heavy atom. The lowest BCUT2D eigenvalue weighted by Gasteiger charge is -2.32. The van der Waals surface area contributed by atoms with Gasteiger partial charge in [-0.1, -0.05) is 129 Å². The normalized spacial score (nSPS) is 18.4. The van der Waals surface area contributed by atoms with E-state index in [0.717, 1.165) is 38.1 Å². The van der Waals surface area contributed by atoms with Crippen molar-refractivity contribution in [2.24, 2.45) is 0 Å². The Hall–Kier alpha value is -4.30. The largest absolute Gasteiger partial charge is 0.534 e. The standard InChI is InChI=1S/C16H18BClO2.C12H24B2O4.C11H6ClF3O3S.C10H7ClO.C2F6O5S2.2CH4/c1-15(2)16(3,4)20-17(19-15)13-9-10-14(18)12-8-6-5-7-11(12)13;1-9(2)10(3,4)16-13(15-9)14-17-11(5,6)12(7,8)18-14;12-9-5-6-10(8-4-2-1-3-7(8)9)18-19(16,17)11(13,14)15;11-9-5-6-10(12)8-4-2-1-3-7(8)9;3-1(4,5)14(9,10)13-15(11,12)2(6,7)8;;/h5-10H,1-4H3;1-8H3;1-6H;1-6,12H;;2*1H4. The van der Waals surface area contributed by atoms with Crippen LogP contribution in [0, 0.1) is 0 Å². The third-order valence-corrected chi connectivity index (χ3v) is 18.6. The maximum atomic E-state index is 12.3. The fourth-order valence-electron chi connectivity index (χ4n) is 7.37. The second-order valence-electron chi connectivity index (χ2n) is 21.6. The average molecular weight is 1350 g/mol. The highest BCUT2D eigenvalue weighted by molar-refractivity contribution is 8.00. The number of phenolic OH excluding ortho intramolecular Hbond substituents is 1. The van der Waals surface area contributed by atoms with E-state index >= 15 is 0 Å². The lowest BCUT2D eigenvalue weighted by atomic mass is 9.49. The second-order valence-corrected chi connectivity index (χ2v) is 27.6. The fraction of sp³-hybridized carbons (Fsp3) is 0.434. The Morgan fingerprint density at radius 3 is 1.02 bits per heavy atom. The first-order chi connectivity index (χ1) is 37.9. The highest BCUT2D eigenvalue weighted by atomic mass is 35.5. The molecule has 0 unspecified atom stereocenters. The lowest BCUT2D eigenvalue weighted by molar-refractivity contribution is -0.0586. The van der Waals surface area contributed by atoms with Gasteiger partial charge in [0.25, 0.3) is 0 Å². The summed E-state index contributed by atoms with van der Waals surface area (Å²) < 4.78 is 209. The highest BCUT2D eigenvalue weighted by Gasteiger charge is 2.64. The molecule has 476 valence electrons. The maximum Gasteiger partial charge on any atom is 0.534 e. The lowest BCUT2D eigenvalue weighted by Crippen LogP contribution is -2.41. The molecule has 1 N–H and O–H groups in total. The molecule has 3 aliphatic heterocycles. The van der Waals surface area contributed by atoms with Crippen molar-refractivity contribution in [1.82, 2.24) is 0 Å². The van der Waals surface area contributed by atoms with Gasteiger partial charge in [-0.3, -0.25) is 0 Å². The summed E-state index contributed by atoms with van der Waals surface area (Å²) in [6.45, 7) is 24.5. The molecule has 3 fully saturated rings. The van der Waals surface area contributed by atoms with E-state index in [1.165, 1.54) is 18.2 Å². The molecule has 0 amide bonds. The monoisotopic (exact) mass is 1340 g/mol. The summed E-state index contributed by atoms with van der Waals surface area (Å²) in [7, 11) is -20.7. The van der Waals surface area contributed by atoms with Gasteiger partial charge in [-0.25, -0.2) is 0 Å². The number of phenols is 1. The van der Waals surface area contributed by atoms with E-state index in [2.05, 4.69) is 37.9 Å². The predicted octanol–water partition coefficient (Wildman–Crippen LogP) is 14.9. The summed E-state index contributed by atoms with van der Waals surface area (Å²) in [5.41, 5.74) is -19.1. The molecule has 9 rings (SSSR count). The SMILES string of the molecule is C.C.CC1(C)OB(B2OC(C)(C)C(C)(C)O2)OC1(C)C.CC1(C)OB(c2ccc(Cl)c3ccccc23)OC1(C)C.O=S(=O)(OS(=O)(=O)C(F)(F)F)C(F)(F)F.O=S(=O)(Oc1ccc(Cl)c2ccccc12)C(F)(F)F.Oc1ccc(Cl)c2ccccc12. The van der Waals surface area contributed by atoms with Crippen LogP contribution in [0.2, 0.25) is 15.1 Å². The number of rotatable bonds is 6. The van der Waals surface area contributed by atoms with Gasteiger partial charge in [-0.15, -0.1) is 3.63 Å². The minimum Gasteiger partial charge on any atom is -0.507 e. The molecule has 33 heteroatoms. The Labute approximate surface area is 510 Å². The topological polar surface area (TPSA) is 196 Å². The Bertz CT molecular complexity index is 3560. The minimum atomic E-state index is -6.85. The Morgan fingerprint density at radius 1 is 0.395 bits per heavy atom. The molecule has 0 saturated carbocycles. The van der Waals surface area contributed by atoms with Crippen LogP contribution in [-0.4, -0.2) is 102 Å². The van der Waals surface area contributed by atoms with Gasteiger partial charge in [0, 0.05) is 36.6 Å². The predicted molar refractivity (Wildman–Crippen MR) is 317 cm³/mol. The molecule has 0 aliphatic carbocycles. The van der Waals surface area contributed by atoms with Gasteiger partial charge in [-0.05, 0) is 130 Å². The molecule has 3 aliphatic rings. The van der Waals surface area contributed by atoms with Crippen molar-refractivity contribution in [2.75, 3.05) is 0 Å². The van der Waals surface area contributed by atoms with E-state index in [0.29, 0.717) is 10.4 Å². The summed E-state index contributed by atoms with van der Waals surface area (Å²) in [5, 5.41) is 15.5. The van der Waals surface area contributed by atoms with Crippen molar-refractivity contribution in [3.63, 3.8) is 0 Å². The molecular weight excluding hydrogens is 1280 g/mol. The van der Waals surface area contributed by atoms with Crippen molar-refractivity contribution in [2.45, 2.75) is 148 Å². The first kappa shape index (κ1) is 76.0. The molecule has 0 atom stereocenters. The summed E-state index contributed by atoms with van der Waals surface area (Å²) in [6, 6.07) is 31.2. The number of benzene rings is 6. The zero-order chi connectivity index (χ0) is 64.0. The van der Waals surface area contributed by atoms with Crippen LogP contribution >= 0.6 is 34.8 Å². The van der Waals surface area contributed by atoms with E-state index in [1.54, 1.807) is 24.3 Å². The molecule has 3 heterocycles. The van der Waals surface area contributed by atoms with Crippen LogP contribution in [0.25, 0.3) is 32.3 Å². The summed E-state index contributed by atoms with van der Waals surface area (Å²) in [6.07, 6.45) is 0. The Kier molecular flexibility index (Phi) is 23.5. The van der Waals surface area contributed by atoms with E-state index < -0.39 is 66.6 Å². The molecule has 6 aromatic rings. The molecule has 0 aromatic heterocycles. The molecule has 15 nitrogen and oxygen atoms in total. The van der Waals surface area contributed by atoms with Gasteiger partial charge in [0.1, 0.15) is 5.75 Å². The van der Waals surface area contributed by atoms with Crippen LogP contribution in [0.3, 0.4) is 0 Å². The van der Waals surface area contributed by atoms with E-state index in [1.807, 2.05) is 114 Å². The number of halogens is 12. The number of hydrogen-bond acceptors (Lipinski definition) is 15. The third-order valence-electron chi connectivity index (χ3n) is 14.1. The van der Waals surface area contributed by atoms with Gasteiger partial charge >= 0.3 is 68.0 Å². The van der Waals surface area contributed by atoms with Gasteiger partial charge in [0.15, 0.2) is 5.75 Å². The zero-order valence-electron chi connectivity index (χ0n) is 46.5. The van der Waals surface area contributed by atoms with Gasteiger partial charge < -0.3 is 37.2 Å². The minimum absolute atomic E-state index is 0. The molecule has 0 radical (unpaired) electrons. The average Bonchev–Trinajstić information content (AvgIpc) is 1.69. The second kappa shape index (κ2) is 26.6.